The van der Waals surface area contributed by atoms with Gasteiger partial charge in [0.25, 0.3) is 0 Å². The van der Waals surface area contributed by atoms with Crippen molar-refractivity contribution in [1.82, 2.24) is 20.8 Å². The lowest BCUT2D eigenvalue weighted by atomic mass is 9.95. The van der Waals surface area contributed by atoms with Gasteiger partial charge in [0.2, 0.25) is 0 Å². The number of allylic oxidation sites excluding steroid dienone is 1. The molecule has 3 rings (SSSR count). The molecule has 0 bridgehead atoms. The van der Waals surface area contributed by atoms with Gasteiger partial charge in [0.1, 0.15) is 0 Å². The van der Waals surface area contributed by atoms with E-state index >= 15 is 0 Å². The second-order valence-corrected chi connectivity index (χ2v) is 5.42. The molecule has 0 saturated carbocycles. The molecule has 114 valence electrons. The molecule has 2 aromatic rings. The summed E-state index contributed by atoms with van der Waals surface area (Å²) in [7, 11) is 0. The Kier molecular flexibility index (Phi) is 3.81. The van der Waals surface area contributed by atoms with Crippen LogP contribution in [0.4, 0.5) is 0 Å². The number of esters is 1. The van der Waals surface area contributed by atoms with Crippen molar-refractivity contribution in [3.63, 3.8) is 0 Å². The number of H-pyrrole nitrogens is 1. The van der Waals surface area contributed by atoms with Gasteiger partial charge in [-0.1, -0.05) is 12.1 Å². The maximum absolute atomic E-state index is 12.3. The Bertz CT molecular complexity index is 781. The maximum Gasteiger partial charge on any atom is 0.338 e. The van der Waals surface area contributed by atoms with Gasteiger partial charge in [-0.2, -0.15) is 5.10 Å². The minimum absolute atomic E-state index is 0.326. The van der Waals surface area contributed by atoms with E-state index in [4.69, 9.17) is 17.0 Å². The van der Waals surface area contributed by atoms with Crippen molar-refractivity contribution in [2.24, 2.45) is 0 Å². The van der Waals surface area contributed by atoms with Crippen LogP contribution >= 0.6 is 12.2 Å². The fourth-order valence-corrected chi connectivity index (χ4v) is 2.83. The SMILES string of the molecule is CCOC(=O)C1=C(C)NC(=S)NC1c1ccc2cn[nH]c2c1. The summed E-state index contributed by atoms with van der Waals surface area (Å²) in [5.74, 6) is -0.350. The van der Waals surface area contributed by atoms with Crippen LogP contribution in [0.1, 0.15) is 25.5 Å². The first kappa shape index (κ1) is 14.5. The Hall–Kier alpha value is -2.41. The zero-order chi connectivity index (χ0) is 15.7. The topological polar surface area (TPSA) is 79.0 Å². The molecular weight excluding hydrogens is 300 g/mol. The zero-order valence-corrected chi connectivity index (χ0v) is 13.1. The third-order valence-corrected chi connectivity index (χ3v) is 3.78. The number of carbonyl (C=O) groups is 1. The maximum atomic E-state index is 12.3. The summed E-state index contributed by atoms with van der Waals surface area (Å²) in [6.45, 7) is 3.93. The largest absolute Gasteiger partial charge is 0.463 e. The number of carbonyl (C=O) groups excluding carboxylic acids is 1. The van der Waals surface area contributed by atoms with Crippen LogP contribution in [0.3, 0.4) is 0 Å². The highest BCUT2D eigenvalue weighted by atomic mass is 32.1. The number of ether oxygens (including phenoxy) is 1. The van der Waals surface area contributed by atoms with E-state index in [2.05, 4.69) is 20.8 Å². The number of nitrogens with one attached hydrogen (secondary N) is 3. The normalized spacial score (nSPS) is 18.1. The number of hydrogen-bond donors (Lipinski definition) is 3. The van der Waals surface area contributed by atoms with E-state index in [0.29, 0.717) is 23.0 Å². The number of thiocarbonyl (C=S) groups is 1. The quantitative estimate of drug-likeness (QED) is 0.593. The molecule has 7 heteroatoms. The molecule has 0 aliphatic carbocycles. The molecule has 22 heavy (non-hydrogen) atoms. The van der Waals surface area contributed by atoms with Gasteiger partial charge in [0, 0.05) is 11.1 Å². The Morgan fingerprint density at radius 3 is 3.05 bits per heavy atom. The summed E-state index contributed by atoms with van der Waals surface area (Å²) >= 11 is 5.21. The summed E-state index contributed by atoms with van der Waals surface area (Å²) in [6, 6.07) is 5.52. The van der Waals surface area contributed by atoms with Crippen molar-refractivity contribution in [3.8, 4) is 0 Å². The van der Waals surface area contributed by atoms with E-state index in [1.165, 1.54) is 0 Å². The minimum atomic E-state index is -0.350. The lowest BCUT2D eigenvalue weighted by Crippen LogP contribution is -2.45. The second kappa shape index (κ2) is 5.76. The summed E-state index contributed by atoms with van der Waals surface area (Å²) in [4.78, 5) is 12.3. The van der Waals surface area contributed by atoms with Crippen LogP contribution < -0.4 is 10.6 Å². The second-order valence-electron chi connectivity index (χ2n) is 5.01. The zero-order valence-electron chi connectivity index (χ0n) is 12.3. The molecule has 1 aliphatic rings. The molecule has 1 atom stereocenters. The van der Waals surface area contributed by atoms with Crippen LogP contribution in [0.2, 0.25) is 0 Å². The first-order valence-electron chi connectivity index (χ1n) is 6.98. The predicted octanol–water partition coefficient (Wildman–Crippen LogP) is 1.92. The van der Waals surface area contributed by atoms with Crippen molar-refractivity contribution >= 4 is 34.2 Å². The van der Waals surface area contributed by atoms with Crippen molar-refractivity contribution < 1.29 is 9.53 Å². The highest BCUT2D eigenvalue weighted by molar-refractivity contribution is 7.80. The lowest BCUT2D eigenvalue weighted by Gasteiger charge is -2.29. The molecule has 1 aliphatic heterocycles. The summed E-state index contributed by atoms with van der Waals surface area (Å²) < 4.78 is 5.17. The number of hydrogen-bond acceptors (Lipinski definition) is 4. The highest BCUT2D eigenvalue weighted by Crippen LogP contribution is 2.29. The average Bonchev–Trinajstić information content (AvgIpc) is 2.93. The van der Waals surface area contributed by atoms with Gasteiger partial charge in [-0.05, 0) is 37.7 Å². The van der Waals surface area contributed by atoms with E-state index in [1.54, 1.807) is 13.1 Å². The molecular formula is C15H16N4O2S. The summed E-state index contributed by atoms with van der Waals surface area (Å²) in [5, 5.41) is 14.6. The number of aromatic amines is 1. The van der Waals surface area contributed by atoms with Gasteiger partial charge >= 0.3 is 5.97 Å². The Morgan fingerprint density at radius 1 is 1.45 bits per heavy atom. The third kappa shape index (κ3) is 2.55. The van der Waals surface area contributed by atoms with E-state index in [1.807, 2.05) is 25.1 Å². The fourth-order valence-electron chi connectivity index (χ4n) is 2.56. The molecule has 0 fully saturated rings. The average molecular weight is 316 g/mol. The monoisotopic (exact) mass is 316 g/mol. The summed E-state index contributed by atoms with van der Waals surface area (Å²) in [6.07, 6.45) is 1.76. The van der Waals surface area contributed by atoms with Gasteiger partial charge in [-0.3, -0.25) is 5.10 Å². The van der Waals surface area contributed by atoms with E-state index in [9.17, 15) is 4.79 Å². The van der Waals surface area contributed by atoms with Crippen LogP contribution in [0.5, 0.6) is 0 Å². The highest BCUT2D eigenvalue weighted by Gasteiger charge is 2.30. The van der Waals surface area contributed by atoms with Crippen LogP contribution in [0.15, 0.2) is 35.7 Å². The molecule has 2 heterocycles. The first-order valence-corrected chi connectivity index (χ1v) is 7.39. The Balaban J connectivity index is 2.06. The van der Waals surface area contributed by atoms with Gasteiger partial charge in [0.05, 0.1) is 29.9 Å². The molecule has 0 amide bonds. The smallest absolute Gasteiger partial charge is 0.338 e. The third-order valence-electron chi connectivity index (χ3n) is 3.56. The van der Waals surface area contributed by atoms with Gasteiger partial charge in [0.15, 0.2) is 5.11 Å². The van der Waals surface area contributed by atoms with E-state index in [0.717, 1.165) is 16.5 Å². The first-order chi connectivity index (χ1) is 10.6. The Morgan fingerprint density at radius 2 is 2.27 bits per heavy atom. The van der Waals surface area contributed by atoms with Crippen molar-refractivity contribution in [1.29, 1.82) is 0 Å². The predicted molar refractivity (Wildman–Crippen MR) is 87.0 cm³/mol. The number of benzene rings is 1. The van der Waals surface area contributed by atoms with Gasteiger partial charge < -0.3 is 15.4 Å². The molecule has 1 aromatic heterocycles. The number of fused-ring (bicyclic) bond motifs is 1. The van der Waals surface area contributed by atoms with Crippen LogP contribution in [0.25, 0.3) is 10.9 Å². The van der Waals surface area contributed by atoms with Crippen LogP contribution in [-0.4, -0.2) is 27.9 Å². The summed E-state index contributed by atoms with van der Waals surface area (Å²) in [5.41, 5.74) is 3.07. The minimum Gasteiger partial charge on any atom is -0.463 e. The van der Waals surface area contributed by atoms with Gasteiger partial charge in [-0.15, -0.1) is 0 Å². The van der Waals surface area contributed by atoms with Crippen molar-refractivity contribution in [2.45, 2.75) is 19.9 Å². The van der Waals surface area contributed by atoms with Gasteiger partial charge in [-0.25, -0.2) is 4.79 Å². The van der Waals surface area contributed by atoms with Crippen molar-refractivity contribution in [3.05, 3.63) is 41.2 Å². The van der Waals surface area contributed by atoms with Crippen LogP contribution in [-0.2, 0) is 9.53 Å². The molecule has 0 radical (unpaired) electrons. The van der Waals surface area contributed by atoms with Crippen LogP contribution in [0, 0.1) is 0 Å². The molecule has 1 aromatic carbocycles. The molecule has 6 nitrogen and oxygen atoms in total. The number of rotatable bonds is 3. The number of nitrogens with zero attached hydrogens (tertiary/aromatic N) is 1. The Labute approximate surface area is 132 Å². The lowest BCUT2D eigenvalue weighted by molar-refractivity contribution is -0.139. The molecule has 0 spiro atoms. The fraction of sp³-hybridized carbons (Fsp3) is 0.267. The van der Waals surface area contributed by atoms with E-state index < -0.39 is 0 Å². The van der Waals surface area contributed by atoms with E-state index in [-0.39, 0.29) is 12.0 Å². The molecule has 3 N–H and O–H groups in total. The molecule has 1 unspecified atom stereocenters. The number of aromatic nitrogens is 2. The standard InChI is InChI=1S/C15H16N4O2S/c1-3-21-14(20)12-8(2)17-15(22)18-13(12)9-4-5-10-7-16-19-11(10)6-9/h4-7,13H,3H2,1-2H3,(H,16,19)(H2,17,18,22). The van der Waals surface area contributed by atoms with Crippen molar-refractivity contribution in [2.75, 3.05) is 6.61 Å². The molecule has 0 saturated heterocycles.